The second-order valence-electron chi connectivity index (χ2n) is 5.96. The maximum absolute atomic E-state index is 13.1. The summed E-state index contributed by atoms with van der Waals surface area (Å²) in [6, 6.07) is 3.32. The standard InChI is InChI=1S/C16H19N5O2/c1-11-13(15(22)20-7-3-2-4-8-20)14(12-6-5-9-23-12)21-16(19-11)17-10-18-21/h5-6,9-10,14H,2-4,7-8H2,1H3,(H,17,18,19)/t14-/m0/s1. The van der Waals surface area contributed by atoms with Crippen LogP contribution in [0.25, 0.3) is 0 Å². The van der Waals surface area contributed by atoms with E-state index in [1.54, 1.807) is 10.9 Å². The molecule has 0 radical (unpaired) electrons. The largest absolute Gasteiger partial charge is 0.467 e. The normalized spacial score (nSPS) is 21.1. The number of hydrogen-bond acceptors (Lipinski definition) is 5. The van der Waals surface area contributed by atoms with Crippen molar-refractivity contribution in [2.45, 2.75) is 32.2 Å². The van der Waals surface area contributed by atoms with Gasteiger partial charge in [0.15, 0.2) is 0 Å². The number of allylic oxidation sites excluding steroid dienone is 1. The number of likely N-dealkylation sites (tertiary alicyclic amines) is 1. The van der Waals surface area contributed by atoms with Gasteiger partial charge in [-0.05, 0) is 38.3 Å². The fourth-order valence-corrected chi connectivity index (χ4v) is 3.35. The second-order valence-corrected chi connectivity index (χ2v) is 5.96. The zero-order valence-corrected chi connectivity index (χ0v) is 13.0. The van der Waals surface area contributed by atoms with Crippen LogP contribution in [-0.4, -0.2) is 38.7 Å². The topological polar surface area (TPSA) is 76.2 Å². The molecule has 2 aliphatic rings. The molecule has 1 N–H and O–H groups in total. The van der Waals surface area contributed by atoms with Crippen LogP contribution in [0.1, 0.15) is 38.0 Å². The first kappa shape index (κ1) is 14.0. The first-order valence-corrected chi connectivity index (χ1v) is 7.95. The summed E-state index contributed by atoms with van der Waals surface area (Å²) < 4.78 is 7.31. The molecule has 1 amide bonds. The van der Waals surface area contributed by atoms with E-state index in [1.165, 1.54) is 12.7 Å². The third kappa shape index (κ3) is 2.32. The van der Waals surface area contributed by atoms with Gasteiger partial charge in [0.2, 0.25) is 5.95 Å². The number of amides is 1. The zero-order chi connectivity index (χ0) is 15.8. The zero-order valence-electron chi connectivity index (χ0n) is 13.0. The lowest BCUT2D eigenvalue weighted by atomic mass is 9.98. The Morgan fingerprint density at radius 1 is 1.35 bits per heavy atom. The van der Waals surface area contributed by atoms with Gasteiger partial charge in [0, 0.05) is 18.8 Å². The number of carbonyl (C=O) groups excluding carboxylic acids is 1. The molecule has 23 heavy (non-hydrogen) atoms. The van der Waals surface area contributed by atoms with Crippen LogP contribution in [0.2, 0.25) is 0 Å². The minimum atomic E-state index is -0.377. The van der Waals surface area contributed by atoms with Crippen LogP contribution in [0, 0.1) is 0 Å². The molecular weight excluding hydrogens is 294 g/mol. The van der Waals surface area contributed by atoms with E-state index in [2.05, 4.69) is 15.4 Å². The maximum atomic E-state index is 13.1. The van der Waals surface area contributed by atoms with Crippen LogP contribution in [-0.2, 0) is 4.79 Å². The molecule has 4 heterocycles. The minimum absolute atomic E-state index is 0.0530. The van der Waals surface area contributed by atoms with Crippen LogP contribution in [0.4, 0.5) is 5.95 Å². The van der Waals surface area contributed by atoms with Crippen molar-refractivity contribution >= 4 is 11.9 Å². The number of nitrogens with zero attached hydrogens (tertiary/aromatic N) is 4. The van der Waals surface area contributed by atoms with Crippen LogP contribution in [0.3, 0.4) is 0 Å². The van der Waals surface area contributed by atoms with Gasteiger partial charge in [-0.2, -0.15) is 10.1 Å². The van der Waals surface area contributed by atoms with Gasteiger partial charge in [-0.3, -0.25) is 4.79 Å². The highest BCUT2D eigenvalue weighted by Crippen LogP contribution is 2.35. The Bertz CT molecular complexity index is 740. The number of rotatable bonds is 2. The molecular formula is C16H19N5O2. The van der Waals surface area contributed by atoms with Gasteiger partial charge in [-0.15, -0.1) is 0 Å². The van der Waals surface area contributed by atoms with E-state index in [9.17, 15) is 4.79 Å². The van der Waals surface area contributed by atoms with Crippen LogP contribution in [0.5, 0.6) is 0 Å². The minimum Gasteiger partial charge on any atom is -0.467 e. The summed E-state index contributed by atoms with van der Waals surface area (Å²) in [4.78, 5) is 19.3. The van der Waals surface area contributed by atoms with Crippen molar-refractivity contribution in [2.24, 2.45) is 0 Å². The maximum Gasteiger partial charge on any atom is 0.254 e. The molecule has 120 valence electrons. The van der Waals surface area contributed by atoms with E-state index in [0.29, 0.717) is 17.3 Å². The summed E-state index contributed by atoms with van der Waals surface area (Å²) in [5.41, 5.74) is 1.49. The summed E-state index contributed by atoms with van der Waals surface area (Å²) in [6.07, 6.45) is 6.41. The van der Waals surface area contributed by atoms with Crippen molar-refractivity contribution in [3.63, 3.8) is 0 Å². The monoisotopic (exact) mass is 313 g/mol. The van der Waals surface area contributed by atoms with Crippen molar-refractivity contribution in [1.82, 2.24) is 19.7 Å². The SMILES string of the molecule is CC1=C(C(=O)N2CCCCC2)[C@H](c2ccco2)n2ncnc2N1. The first-order chi connectivity index (χ1) is 11.3. The van der Waals surface area contributed by atoms with Gasteiger partial charge in [0.05, 0.1) is 11.8 Å². The fourth-order valence-electron chi connectivity index (χ4n) is 3.35. The molecule has 4 rings (SSSR count). The number of piperidine rings is 1. The molecule has 0 bridgehead atoms. The molecule has 2 aliphatic heterocycles. The van der Waals surface area contributed by atoms with Crippen LogP contribution >= 0.6 is 0 Å². The molecule has 2 aromatic heterocycles. The molecule has 0 aromatic carbocycles. The molecule has 1 atom stereocenters. The van der Waals surface area contributed by atoms with E-state index in [0.717, 1.165) is 31.6 Å². The lowest BCUT2D eigenvalue weighted by Gasteiger charge is -2.33. The van der Waals surface area contributed by atoms with Crippen molar-refractivity contribution in [3.8, 4) is 0 Å². The van der Waals surface area contributed by atoms with Crippen LogP contribution in [0.15, 0.2) is 40.4 Å². The Kier molecular flexibility index (Phi) is 3.40. The highest BCUT2D eigenvalue weighted by Gasteiger charge is 2.37. The Morgan fingerprint density at radius 3 is 2.91 bits per heavy atom. The first-order valence-electron chi connectivity index (χ1n) is 7.95. The van der Waals surface area contributed by atoms with E-state index < -0.39 is 0 Å². The Hall–Kier alpha value is -2.57. The Morgan fingerprint density at radius 2 is 2.17 bits per heavy atom. The Balaban J connectivity index is 1.77. The molecule has 7 nitrogen and oxygen atoms in total. The summed E-state index contributed by atoms with van der Waals surface area (Å²) in [7, 11) is 0. The lowest BCUT2D eigenvalue weighted by Crippen LogP contribution is -2.40. The van der Waals surface area contributed by atoms with E-state index >= 15 is 0 Å². The Labute approximate surface area is 134 Å². The van der Waals surface area contributed by atoms with Crippen molar-refractivity contribution in [3.05, 3.63) is 41.8 Å². The summed E-state index contributed by atoms with van der Waals surface area (Å²) in [5, 5.41) is 7.47. The molecule has 1 saturated heterocycles. The molecule has 0 spiro atoms. The van der Waals surface area contributed by atoms with Crippen molar-refractivity contribution in [2.75, 3.05) is 18.4 Å². The summed E-state index contributed by atoms with van der Waals surface area (Å²) in [6.45, 7) is 3.53. The number of hydrogen-bond donors (Lipinski definition) is 1. The molecule has 0 saturated carbocycles. The van der Waals surface area contributed by atoms with Crippen molar-refractivity contribution < 1.29 is 9.21 Å². The molecule has 0 aliphatic carbocycles. The molecule has 0 unspecified atom stereocenters. The van der Waals surface area contributed by atoms with Crippen molar-refractivity contribution in [1.29, 1.82) is 0 Å². The molecule has 1 fully saturated rings. The molecule has 7 heteroatoms. The number of fused-ring (bicyclic) bond motifs is 1. The average Bonchev–Trinajstić information content (AvgIpc) is 3.25. The van der Waals surface area contributed by atoms with Gasteiger partial charge in [-0.25, -0.2) is 4.68 Å². The molecule has 2 aromatic rings. The number of nitrogens with one attached hydrogen (secondary N) is 1. The predicted octanol–water partition coefficient (Wildman–Crippen LogP) is 2.17. The smallest absolute Gasteiger partial charge is 0.254 e. The highest BCUT2D eigenvalue weighted by molar-refractivity contribution is 5.96. The van der Waals surface area contributed by atoms with Gasteiger partial charge in [0.1, 0.15) is 18.1 Å². The van der Waals surface area contributed by atoms with Gasteiger partial charge in [0.25, 0.3) is 5.91 Å². The number of furan rings is 1. The number of anilines is 1. The van der Waals surface area contributed by atoms with Gasteiger partial charge < -0.3 is 14.6 Å². The third-order valence-corrected chi connectivity index (χ3v) is 4.48. The fraction of sp³-hybridized carbons (Fsp3) is 0.438. The van der Waals surface area contributed by atoms with Gasteiger partial charge >= 0.3 is 0 Å². The van der Waals surface area contributed by atoms with E-state index in [1.807, 2.05) is 24.0 Å². The second kappa shape index (κ2) is 5.57. The summed E-state index contributed by atoms with van der Waals surface area (Å²) >= 11 is 0. The quantitative estimate of drug-likeness (QED) is 0.919. The van der Waals surface area contributed by atoms with Gasteiger partial charge in [-0.1, -0.05) is 0 Å². The predicted molar refractivity (Wildman–Crippen MR) is 83.6 cm³/mol. The van der Waals surface area contributed by atoms with E-state index in [4.69, 9.17) is 4.42 Å². The van der Waals surface area contributed by atoms with E-state index in [-0.39, 0.29) is 11.9 Å². The highest BCUT2D eigenvalue weighted by atomic mass is 16.3. The third-order valence-electron chi connectivity index (χ3n) is 4.48. The lowest BCUT2D eigenvalue weighted by molar-refractivity contribution is -0.128. The summed E-state index contributed by atoms with van der Waals surface area (Å²) in [5.74, 6) is 1.37. The average molecular weight is 313 g/mol. The van der Waals surface area contributed by atoms with Crippen LogP contribution < -0.4 is 5.32 Å². The number of aromatic nitrogens is 3. The number of carbonyl (C=O) groups is 1.